The van der Waals surface area contributed by atoms with Crippen LogP contribution in [0.5, 0.6) is 0 Å². The normalized spacial score (nSPS) is 11.9. The van der Waals surface area contributed by atoms with Crippen molar-refractivity contribution in [1.82, 2.24) is 10.2 Å². The van der Waals surface area contributed by atoms with Crippen molar-refractivity contribution >= 4 is 16.9 Å². The molecule has 3 aromatic rings. The SMILES string of the molecule is CN(C)Cc1c(C(=O)NCC(C)(C)c2ccccc2F)oc2ccccc12. The average molecular weight is 368 g/mol. The van der Waals surface area contributed by atoms with Gasteiger partial charge in [-0.1, -0.05) is 50.2 Å². The Hall–Kier alpha value is -2.66. The van der Waals surface area contributed by atoms with Crippen LogP contribution in [0.1, 0.15) is 35.5 Å². The smallest absolute Gasteiger partial charge is 0.287 e. The van der Waals surface area contributed by atoms with Crippen LogP contribution in [0.15, 0.2) is 52.9 Å². The first-order chi connectivity index (χ1) is 12.8. The molecule has 1 amide bonds. The van der Waals surface area contributed by atoms with Crippen molar-refractivity contribution in [2.45, 2.75) is 25.8 Å². The Morgan fingerprint density at radius 1 is 1.11 bits per heavy atom. The molecule has 0 unspecified atom stereocenters. The Kier molecular flexibility index (Phi) is 5.33. The molecule has 0 spiro atoms. The Morgan fingerprint density at radius 3 is 2.48 bits per heavy atom. The third-order valence-corrected chi connectivity index (χ3v) is 4.67. The summed E-state index contributed by atoms with van der Waals surface area (Å²) >= 11 is 0. The van der Waals surface area contributed by atoms with E-state index in [1.807, 2.05) is 57.1 Å². The number of carbonyl (C=O) groups is 1. The van der Waals surface area contributed by atoms with Gasteiger partial charge in [-0.15, -0.1) is 0 Å². The number of halogens is 1. The number of hydrogen-bond donors (Lipinski definition) is 1. The molecule has 0 radical (unpaired) electrons. The summed E-state index contributed by atoms with van der Waals surface area (Å²) in [5, 5.41) is 3.86. The number of amides is 1. The highest BCUT2D eigenvalue weighted by Crippen LogP contribution is 2.28. The van der Waals surface area contributed by atoms with Gasteiger partial charge >= 0.3 is 0 Å². The van der Waals surface area contributed by atoms with Gasteiger partial charge in [-0.3, -0.25) is 4.79 Å². The molecule has 0 aliphatic rings. The van der Waals surface area contributed by atoms with Gasteiger partial charge in [-0.05, 0) is 31.8 Å². The summed E-state index contributed by atoms with van der Waals surface area (Å²) in [7, 11) is 3.90. The molecule has 0 saturated heterocycles. The van der Waals surface area contributed by atoms with E-state index < -0.39 is 5.41 Å². The monoisotopic (exact) mass is 368 g/mol. The Labute approximate surface area is 159 Å². The van der Waals surface area contributed by atoms with Crippen LogP contribution >= 0.6 is 0 Å². The summed E-state index contributed by atoms with van der Waals surface area (Å²) in [4.78, 5) is 14.9. The van der Waals surface area contributed by atoms with E-state index in [-0.39, 0.29) is 11.7 Å². The van der Waals surface area contributed by atoms with Crippen molar-refractivity contribution in [2.24, 2.45) is 0 Å². The van der Waals surface area contributed by atoms with Crippen LogP contribution in [0.25, 0.3) is 11.0 Å². The van der Waals surface area contributed by atoms with E-state index in [1.165, 1.54) is 6.07 Å². The number of rotatable bonds is 6. The van der Waals surface area contributed by atoms with E-state index in [2.05, 4.69) is 5.32 Å². The van der Waals surface area contributed by atoms with Crippen molar-refractivity contribution < 1.29 is 13.6 Å². The lowest BCUT2D eigenvalue weighted by Crippen LogP contribution is -2.37. The number of carbonyl (C=O) groups excluding carboxylic acids is 1. The molecule has 0 aliphatic heterocycles. The molecule has 3 rings (SSSR count). The van der Waals surface area contributed by atoms with Crippen LogP contribution in [-0.4, -0.2) is 31.4 Å². The molecule has 0 saturated carbocycles. The first-order valence-corrected chi connectivity index (χ1v) is 8.98. The number of hydrogen-bond acceptors (Lipinski definition) is 3. The molecule has 2 aromatic carbocycles. The maximum absolute atomic E-state index is 14.1. The summed E-state index contributed by atoms with van der Waals surface area (Å²) in [6.45, 7) is 4.71. The van der Waals surface area contributed by atoms with E-state index >= 15 is 0 Å². The summed E-state index contributed by atoms with van der Waals surface area (Å²) < 4.78 is 20.0. The largest absolute Gasteiger partial charge is 0.451 e. The minimum Gasteiger partial charge on any atom is -0.451 e. The molecule has 0 fully saturated rings. The summed E-state index contributed by atoms with van der Waals surface area (Å²) in [6, 6.07) is 14.3. The highest BCUT2D eigenvalue weighted by Gasteiger charge is 2.27. The first kappa shape index (κ1) is 19.1. The molecular formula is C22H25FN2O2. The fourth-order valence-electron chi connectivity index (χ4n) is 3.24. The Balaban J connectivity index is 1.85. The van der Waals surface area contributed by atoms with Gasteiger partial charge in [0.1, 0.15) is 11.4 Å². The predicted octanol–water partition coefficient (Wildman–Crippen LogP) is 4.34. The van der Waals surface area contributed by atoms with Crippen LogP contribution in [0.3, 0.4) is 0 Å². The van der Waals surface area contributed by atoms with Crippen LogP contribution in [-0.2, 0) is 12.0 Å². The highest BCUT2D eigenvalue weighted by atomic mass is 19.1. The number of para-hydroxylation sites is 1. The fourth-order valence-corrected chi connectivity index (χ4v) is 3.24. The van der Waals surface area contributed by atoms with Gasteiger partial charge in [-0.2, -0.15) is 0 Å². The molecule has 1 aromatic heterocycles. The average Bonchev–Trinajstić information content (AvgIpc) is 2.98. The fraction of sp³-hybridized carbons (Fsp3) is 0.318. The van der Waals surface area contributed by atoms with Crippen molar-refractivity contribution in [3.63, 3.8) is 0 Å². The third kappa shape index (κ3) is 4.03. The second kappa shape index (κ2) is 7.53. The van der Waals surface area contributed by atoms with Gasteiger partial charge in [0, 0.05) is 29.5 Å². The van der Waals surface area contributed by atoms with Crippen molar-refractivity contribution in [3.8, 4) is 0 Å². The van der Waals surface area contributed by atoms with Gasteiger partial charge in [-0.25, -0.2) is 4.39 Å². The van der Waals surface area contributed by atoms with Crippen molar-refractivity contribution in [1.29, 1.82) is 0 Å². The van der Waals surface area contributed by atoms with Gasteiger partial charge in [0.2, 0.25) is 0 Å². The molecule has 0 atom stereocenters. The second-order valence-corrected chi connectivity index (χ2v) is 7.69. The maximum atomic E-state index is 14.1. The lowest BCUT2D eigenvalue weighted by Gasteiger charge is -2.26. The molecule has 142 valence electrons. The van der Waals surface area contributed by atoms with Gasteiger partial charge < -0.3 is 14.6 Å². The Morgan fingerprint density at radius 2 is 1.78 bits per heavy atom. The van der Waals surface area contributed by atoms with Crippen LogP contribution < -0.4 is 5.32 Å². The minimum atomic E-state index is -0.547. The number of fused-ring (bicyclic) bond motifs is 1. The molecule has 27 heavy (non-hydrogen) atoms. The zero-order valence-electron chi connectivity index (χ0n) is 16.2. The predicted molar refractivity (Wildman–Crippen MR) is 105 cm³/mol. The summed E-state index contributed by atoms with van der Waals surface area (Å²) in [5.41, 5.74) is 1.57. The number of nitrogens with one attached hydrogen (secondary N) is 1. The van der Waals surface area contributed by atoms with Crippen LogP contribution in [0, 0.1) is 5.82 Å². The third-order valence-electron chi connectivity index (χ3n) is 4.67. The number of nitrogens with zero attached hydrogens (tertiary/aromatic N) is 1. The quantitative estimate of drug-likeness (QED) is 0.704. The standard InChI is InChI=1S/C22H25FN2O2/c1-22(2,17-10-6-7-11-18(17)23)14-24-21(26)20-16(13-25(3)4)15-9-5-8-12-19(15)27-20/h5-12H,13-14H2,1-4H3,(H,24,26). The maximum Gasteiger partial charge on any atom is 0.287 e. The van der Waals surface area contributed by atoms with E-state index in [1.54, 1.807) is 18.2 Å². The summed E-state index contributed by atoms with van der Waals surface area (Å²) in [6.07, 6.45) is 0. The minimum absolute atomic E-state index is 0.270. The summed E-state index contributed by atoms with van der Waals surface area (Å²) in [5.74, 6) is -0.240. The first-order valence-electron chi connectivity index (χ1n) is 8.98. The molecule has 5 heteroatoms. The van der Waals surface area contributed by atoms with E-state index in [0.29, 0.717) is 30.0 Å². The molecule has 4 nitrogen and oxygen atoms in total. The zero-order valence-corrected chi connectivity index (χ0v) is 16.2. The topological polar surface area (TPSA) is 45.5 Å². The molecule has 1 heterocycles. The van der Waals surface area contributed by atoms with Gasteiger partial charge in [0.25, 0.3) is 5.91 Å². The Bertz CT molecular complexity index is 960. The lowest BCUT2D eigenvalue weighted by molar-refractivity contribution is 0.0917. The van der Waals surface area contributed by atoms with Crippen LogP contribution in [0.2, 0.25) is 0 Å². The van der Waals surface area contributed by atoms with Crippen LogP contribution in [0.4, 0.5) is 4.39 Å². The molecule has 0 aliphatic carbocycles. The number of benzene rings is 2. The molecular weight excluding hydrogens is 343 g/mol. The second-order valence-electron chi connectivity index (χ2n) is 7.69. The molecule has 1 N–H and O–H groups in total. The van der Waals surface area contributed by atoms with Crippen molar-refractivity contribution in [3.05, 3.63) is 71.2 Å². The van der Waals surface area contributed by atoms with Gasteiger partial charge in [0.15, 0.2) is 5.76 Å². The zero-order chi connectivity index (χ0) is 19.6. The van der Waals surface area contributed by atoms with E-state index in [9.17, 15) is 9.18 Å². The number of furan rings is 1. The lowest BCUT2D eigenvalue weighted by atomic mass is 9.84. The van der Waals surface area contributed by atoms with E-state index in [4.69, 9.17) is 4.42 Å². The molecule has 0 bridgehead atoms. The van der Waals surface area contributed by atoms with E-state index in [0.717, 1.165) is 10.9 Å². The van der Waals surface area contributed by atoms with Crippen molar-refractivity contribution in [2.75, 3.05) is 20.6 Å². The van der Waals surface area contributed by atoms with Gasteiger partial charge in [0.05, 0.1) is 0 Å². The highest BCUT2D eigenvalue weighted by molar-refractivity contribution is 5.99.